The van der Waals surface area contributed by atoms with E-state index in [1.807, 2.05) is 6.07 Å². The maximum absolute atomic E-state index is 11.6. The highest BCUT2D eigenvalue weighted by Crippen LogP contribution is 2.30. The lowest BCUT2D eigenvalue weighted by molar-refractivity contribution is -0.153. The molecule has 0 spiro atoms. The van der Waals surface area contributed by atoms with Crippen LogP contribution in [-0.4, -0.2) is 30.6 Å². The Labute approximate surface area is 111 Å². The molecule has 1 aromatic rings. The largest absolute Gasteiger partial charge is 0.464 e. The number of nitrogens with zero attached hydrogens (tertiary/aromatic N) is 1. The van der Waals surface area contributed by atoms with Gasteiger partial charge >= 0.3 is 5.97 Å². The highest BCUT2D eigenvalue weighted by Gasteiger charge is 2.24. The first-order valence-corrected chi connectivity index (χ1v) is 6.28. The van der Waals surface area contributed by atoms with Gasteiger partial charge in [-0.05, 0) is 30.5 Å². The fourth-order valence-electron chi connectivity index (χ4n) is 2.18. The van der Waals surface area contributed by atoms with Crippen molar-refractivity contribution >= 4 is 17.6 Å². The van der Waals surface area contributed by atoms with Gasteiger partial charge in [0, 0.05) is 19.2 Å². The Hall–Kier alpha value is -1.88. The zero-order valence-electron chi connectivity index (χ0n) is 11.0. The number of aliphatic hydroxyl groups excluding tert-OH is 1. The van der Waals surface area contributed by atoms with Crippen molar-refractivity contribution in [3.63, 3.8) is 0 Å². The van der Waals surface area contributed by atoms with E-state index in [2.05, 4.69) is 0 Å². The molecule has 102 valence electrons. The second kappa shape index (κ2) is 5.40. The monoisotopic (exact) mass is 263 g/mol. The number of hydrogen-bond donors (Lipinski definition) is 1. The van der Waals surface area contributed by atoms with E-state index in [0.717, 1.165) is 11.3 Å². The third kappa shape index (κ3) is 2.61. The number of rotatable bonds is 3. The maximum Gasteiger partial charge on any atom is 0.339 e. The predicted octanol–water partition coefficient (Wildman–Crippen LogP) is 1.19. The number of aryl methyl sites for hydroxylation is 1. The zero-order valence-corrected chi connectivity index (χ0v) is 11.0. The molecule has 1 atom stereocenters. The third-order valence-corrected chi connectivity index (χ3v) is 3.28. The van der Waals surface area contributed by atoms with Crippen LogP contribution in [0, 0.1) is 0 Å². The van der Waals surface area contributed by atoms with Gasteiger partial charge in [-0.25, -0.2) is 4.79 Å². The Morgan fingerprint density at radius 3 is 2.89 bits per heavy atom. The van der Waals surface area contributed by atoms with Gasteiger partial charge in [0.1, 0.15) is 0 Å². The quantitative estimate of drug-likeness (QED) is 0.832. The molecule has 1 amide bonds. The van der Waals surface area contributed by atoms with Gasteiger partial charge in [-0.2, -0.15) is 0 Å². The molecule has 1 aromatic carbocycles. The Morgan fingerprint density at radius 1 is 1.47 bits per heavy atom. The van der Waals surface area contributed by atoms with Crippen LogP contribution in [0.5, 0.6) is 0 Å². The highest BCUT2D eigenvalue weighted by molar-refractivity contribution is 5.96. The molecule has 0 fully saturated rings. The fourth-order valence-corrected chi connectivity index (χ4v) is 2.18. The Kier molecular flexibility index (Phi) is 3.85. The van der Waals surface area contributed by atoms with Crippen LogP contribution in [0.15, 0.2) is 18.2 Å². The van der Waals surface area contributed by atoms with Crippen molar-refractivity contribution in [1.82, 2.24) is 0 Å². The molecule has 0 radical (unpaired) electrons. The summed E-state index contributed by atoms with van der Waals surface area (Å²) in [5.41, 5.74) is 2.23. The second-order valence-electron chi connectivity index (χ2n) is 4.50. The molecule has 1 aliphatic rings. The van der Waals surface area contributed by atoms with Crippen molar-refractivity contribution in [2.75, 3.05) is 18.6 Å². The number of benzene rings is 1. The minimum Gasteiger partial charge on any atom is -0.464 e. The first kappa shape index (κ1) is 13.5. The first-order valence-electron chi connectivity index (χ1n) is 6.28. The van der Waals surface area contributed by atoms with Gasteiger partial charge in [0.15, 0.2) is 6.10 Å². The summed E-state index contributed by atoms with van der Waals surface area (Å²) >= 11 is 0. The molecule has 0 aliphatic carbocycles. The summed E-state index contributed by atoms with van der Waals surface area (Å²) in [6.45, 7) is 1.91. The SMILES string of the molecule is CCOC(=O)C(O)c1ccc2c(c1)N(C)C(=O)CC2. The van der Waals surface area contributed by atoms with Gasteiger partial charge < -0.3 is 14.7 Å². The number of amides is 1. The number of aliphatic hydroxyl groups is 1. The first-order chi connectivity index (χ1) is 9.04. The van der Waals surface area contributed by atoms with Gasteiger partial charge in [0.05, 0.1) is 6.61 Å². The van der Waals surface area contributed by atoms with E-state index in [-0.39, 0.29) is 12.5 Å². The number of esters is 1. The number of carbonyl (C=O) groups excluding carboxylic acids is 2. The summed E-state index contributed by atoms with van der Waals surface area (Å²) in [7, 11) is 1.70. The average molecular weight is 263 g/mol. The molecule has 0 aromatic heterocycles. The van der Waals surface area contributed by atoms with Crippen LogP contribution in [0.1, 0.15) is 30.6 Å². The number of fused-ring (bicyclic) bond motifs is 1. The Bertz CT molecular complexity index is 512. The molecule has 1 unspecified atom stereocenters. The number of carbonyl (C=O) groups is 2. The topological polar surface area (TPSA) is 66.8 Å². The van der Waals surface area contributed by atoms with Gasteiger partial charge in [-0.1, -0.05) is 12.1 Å². The van der Waals surface area contributed by atoms with Crippen LogP contribution in [0.4, 0.5) is 5.69 Å². The van der Waals surface area contributed by atoms with E-state index in [9.17, 15) is 14.7 Å². The van der Waals surface area contributed by atoms with E-state index in [1.54, 1.807) is 31.0 Å². The van der Waals surface area contributed by atoms with E-state index < -0.39 is 12.1 Å². The van der Waals surface area contributed by atoms with E-state index in [1.165, 1.54) is 0 Å². The molecule has 0 saturated heterocycles. The Balaban J connectivity index is 2.30. The highest BCUT2D eigenvalue weighted by atomic mass is 16.5. The van der Waals surface area contributed by atoms with Crippen molar-refractivity contribution in [3.8, 4) is 0 Å². The molecular formula is C14H17NO4. The number of ether oxygens (including phenoxy) is 1. The Morgan fingerprint density at radius 2 is 2.21 bits per heavy atom. The molecule has 19 heavy (non-hydrogen) atoms. The molecule has 5 heteroatoms. The van der Waals surface area contributed by atoms with Crippen LogP contribution < -0.4 is 4.90 Å². The van der Waals surface area contributed by atoms with Crippen molar-refractivity contribution in [2.24, 2.45) is 0 Å². The number of hydrogen-bond acceptors (Lipinski definition) is 4. The van der Waals surface area contributed by atoms with Crippen LogP contribution in [0.2, 0.25) is 0 Å². The molecule has 1 N–H and O–H groups in total. The zero-order chi connectivity index (χ0) is 14.0. The summed E-state index contributed by atoms with van der Waals surface area (Å²) in [5.74, 6) is -0.637. The summed E-state index contributed by atoms with van der Waals surface area (Å²) in [4.78, 5) is 24.7. The molecular weight excluding hydrogens is 246 g/mol. The van der Waals surface area contributed by atoms with E-state index in [4.69, 9.17) is 4.74 Å². The van der Waals surface area contributed by atoms with Crippen LogP contribution in [-0.2, 0) is 20.7 Å². The average Bonchev–Trinajstić information content (AvgIpc) is 2.42. The summed E-state index contributed by atoms with van der Waals surface area (Å²) < 4.78 is 4.78. The summed E-state index contributed by atoms with van der Waals surface area (Å²) in [6.07, 6.45) is -0.131. The van der Waals surface area contributed by atoms with Gasteiger partial charge in [0.25, 0.3) is 0 Å². The lowest BCUT2D eigenvalue weighted by Gasteiger charge is -2.26. The predicted molar refractivity (Wildman–Crippen MR) is 69.8 cm³/mol. The van der Waals surface area contributed by atoms with Crippen molar-refractivity contribution < 1.29 is 19.4 Å². The molecule has 0 bridgehead atoms. The van der Waals surface area contributed by atoms with Crippen LogP contribution >= 0.6 is 0 Å². The van der Waals surface area contributed by atoms with Crippen molar-refractivity contribution in [1.29, 1.82) is 0 Å². The molecule has 2 rings (SSSR count). The lowest BCUT2D eigenvalue weighted by atomic mass is 9.98. The van der Waals surface area contributed by atoms with Crippen LogP contribution in [0.25, 0.3) is 0 Å². The standard InChI is InChI=1S/C14H17NO4/c1-3-19-14(18)13(17)10-5-4-9-6-7-12(16)15(2)11(9)8-10/h4-5,8,13,17H,3,6-7H2,1-2H3. The van der Waals surface area contributed by atoms with E-state index >= 15 is 0 Å². The molecule has 1 heterocycles. The molecule has 5 nitrogen and oxygen atoms in total. The lowest BCUT2D eigenvalue weighted by Crippen LogP contribution is -2.31. The molecule has 1 aliphatic heterocycles. The van der Waals surface area contributed by atoms with Crippen molar-refractivity contribution in [3.05, 3.63) is 29.3 Å². The minimum atomic E-state index is -1.31. The summed E-state index contributed by atoms with van der Waals surface area (Å²) in [5, 5.41) is 9.90. The van der Waals surface area contributed by atoms with Gasteiger partial charge in [-0.15, -0.1) is 0 Å². The minimum absolute atomic E-state index is 0.0373. The second-order valence-corrected chi connectivity index (χ2v) is 4.50. The fraction of sp³-hybridized carbons (Fsp3) is 0.429. The van der Waals surface area contributed by atoms with Gasteiger partial charge in [0.2, 0.25) is 5.91 Å². The molecule has 0 saturated carbocycles. The normalized spacial score (nSPS) is 15.9. The number of anilines is 1. The van der Waals surface area contributed by atoms with Crippen LogP contribution in [0.3, 0.4) is 0 Å². The van der Waals surface area contributed by atoms with E-state index in [0.29, 0.717) is 18.4 Å². The van der Waals surface area contributed by atoms with Crippen molar-refractivity contribution in [2.45, 2.75) is 25.9 Å². The summed E-state index contributed by atoms with van der Waals surface area (Å²) in [6, 6.07) is 5.22. The third-order valence-electron chi connectivity index (χ3n) is 3.28. The van der Waals surface area contributed by atoms with Gasteiger partial charge in [-0.3, -0.25) is 4.79 Å². The smallest absolute Gasteiger partial charge is 0.339 e. The maximum atomic E-state index is 11.6.